The lowest BCUT2D eigenvalue weighted by Gasteiger charge is -2.30. The summed E-state index contributed by atoms with van der Waals surface area (Å²) in [5.74, 6) is 0. The molecule has 0 unspecified atom stereocenters. The van der Waals surface area contributed by atoms with E-state index in [2.05, 4.69) is 55.6 Å². The highest BCUT2D eigenvalue weighted by Crippen LogP contribution is 2.20. The van der Waals surface area contributed by atoms with E-state index < -0.39 is 20.8 Å². The second-order valence-electron chi connectivity index (χ2n) is 9.65. The van der Waals surface area contributed by atoms with E-state index in [1.54, 1.807) is 12.1 Å². The molecular formula is C20H40N4O10S2. The van der Waals surface area contributed by atoms with E-state index in [0.717, 1.165) is 67.9 Å². The molecule has 0 spiro atoms. The van der Waals surface area contributed by atoms with Crippen molar-refractivity contribution >= 4 is 32.2 Å². The zero-order chi connectivity index (χ0) is 28.8. The van der Waals surface area contributed by atoms with Crippen molar-refractivity contribution in [3.8, 4) is 0 Å². The van der Waals surface area contributed by atoms with Crippen molar-refractivity contribution in [2.45, 2.75) is 12.8 Å². The van der Waals surface area contributed by atoms with Crippen LogP contribution in [0.2, 0.25) is 0 Å². The zero-order valence-electron chi connectivity index (χ0n) is 22.2. The summed E-state index contributed by atoms with van der Waals surface area (Å²) in [6, 6.07) is 6.94. The smallest absolute Gasteiger partial charge is 0.269 e. The minimum absolute atomic E-state index is 0.149. The van der Waals surface area contributed by atoms with Crippen LogP contribution in [0, 0.1) is 10.1 Å². The van der Waals surface area contributed by atoms with Gasteiger partial charge in [0.05, 0.1) is 74.5 Å². The lowest BCUT2D eigenvalue weighted by molar-refractivity contribution is -0.870. The number of non-ortho nitro benzene ring substituents is 1. The first-order valence-corrected chi connectivity index (χ1v) is 13.4. The Morgan fingerprint density at radius 2 is 1.08 bits per heavy atom. The van der Waals surface area contributed by atoms with E-state index in [1.807, 2.05) is 12.1 Å². The second kappa shape index (κ2) is 16.0. The van der Waals surface area contributed by atoms with Crippen molar-refractivity contribution in [2.24, 2.45) is 0 Å². The van der Waals surface area contributed by atoms with Crippen LogP contribution in [0.3, 0.4) is 0 Å². The zero-order valence-corrected chi connectivity index (χ0v) is 23.9. The van der Waals surface area contributed by atoms with Gasteiger partial charge in [-0.3, -0.25) is 18.5 Å². The highest BCUT2D eigenvalue weighted by molar-refractivity contribution is 7.81. The predicted molar refractivity (Wildman–Crippen MR) is 134 cm³/mol. The molecule has 0 fully saturated rings. The molecule has 0 N–H and O–H groups in total. The molecule has 0 saturated heterocycles. The Labute approximate surface area is 215 Å². The molecule has 1 aromatic carbocycles. The van der Waals surface area contributed by atoms with Crippen molar-refractivity contribution < 1.29 is 48.2 Å². The maximum absolute atomic E-state index is 10.8. The maximum Gasteiger partial charge on any atom is 0.269 e. The molecule has 0 radical (unpaired) electrons. The number of nitrogens with zero attached hydrogens (tertiary/aromatic N) is 4. The third-order valence-corrected chi connectivity index (χ3v) is 5.16. The quantitative estimate of drug-likeness (QED) is 0.116. The first-order valence-electron chi connectivity index (χ1n) is 10.7. The number of nitro benzene ring substituents is 1. The van der Waals surface area contributed by atoms with Crippen LogP contribution >= 0.6 is 0 Å². The minimum atomic E-state index is -4.41. The highest BCUT2D eigenvalue weighted by Gasteiger charge is 2.14. The van der Waals surface area contributed by atoms with Crippen LogP contribution in [-0.4, -0.2) is 123 Å². The topological polar surface area (TPSA) is 179 Å². The van der Waals surface area contributed by atoms with E-state index in [0.29, 0.717) is 0 Å². The predicted octanol–water partition coefficient (Wildman–Crippen LogP) is 0.780. The number of quaternary nitrogens is 2. The average molecular weight is 561 g/mol. The summed E-state index contributed by atoms with van der Waals surface area (Å²) in [5, 5.41) is 10.8. The number of anilines is 1. The van der Waals surface area contributed by atoms with E-state index in [4.69, 9.17) is 0 Å². The Kier molecular flexibility index (Phi) is 16.1. The normalized spacial score (nSPS) is 12.1. The van der Waals surface area contributed by atoms with E-state index in [1.165, 1.54) is 0 Å². The number of nitro groups is 1. The van der Waals surface area contributed by atoms with Crippen LogP contribution in [0.5, 0.6) is 0 Å². The SMILES string of the molecule is COS(=O)(=O)[O-].COS(=O)(=O)[O-].C[N+](C)(C)CCCN(CCC[N+](C)(C)C)c1ccc([N+](=O)[O-])cc1. The molecule has 0 bridgehead atoms. The summed E-state index contributed by atoms with van der Waals surface area (Å²) in [6.45, 7) is 4.17. The van der Waals surface area contributed by atoms with Crippen molar-refractivity contribution in [1.29, 1.82) is 0 Å². The summed E-state index contributed by atoms with van der Waals surface area (Å²) < 4.78 is 63.9. The first-order chi connectivity index (χ1) is 16.1. The van der Waals surface area contributed by atoms with Crippen molar-refractivity contribution in [1.82, 2.24) is 0 Å². The molecule has 0 heterocycles. The monoisotopic (exact) mass is 560 g/mol. The fraction of sp³-hybridized carbons (Fsp3) is 0.700. The Hall–Kier alpha value is -1.92. The van der Waals surface area contributed by atoms with Gasteiger partial charge in [-0.15, -0.1) is 0 Å². The Morgan fingerprint density at radius 1 is 0.778 bits per heavy atom. The van der Waals surface area contributed by atoms with Crippen LogP contribution in [0.1, 0.15) is 12.8 Å². The van der Waals surface area contributed by atoms with E-state index in [-0.39, 0.29) is 10.6 Å². The number of rotatable bonds is 12. The van der Waals surface area contributed by atoms with Crippen LogP contribution < -0.4 is 4.90 Å². The molecule has 0 saturated carbocycles. The summed E-state index contributed by atoms with van der Waals surface area (Å²) in [5.41, 5.74) is 1.22. The van der Waals surface area contributed by atoms with Crippen LogP contribution in [0.4, 0.5) is 11.4 Å². The second-order valence-corrected chi connectivity index (χ2v) is 11.9. The summed E-state index contributed by atoms with van der Waals surface area (Å²) >= 11 is 0. The largest absolute Gasteiger partial charge is 0.726 e. The summed E-state index contributed by atoms with van der Waals surface area (Å²) in [4.78, 5) is 12.8. The van der Waals surface area contributed by atoms with Gasteiger partial charge in [-0.1, -0.05) is 0 Å². The highest BCUT2D eigenvalue weighted by atomic mass is 32.3. The molecule has 0 amide bonds. The van der Waals surface area contributed by atoms with Crippen molar-refractivity contribution in [2.75, 3.05) is 87.6 Å². The molecule has 14 nitrogen and oxygen atoms in total. The molecule has 36 heavy (non-hydrogen) atoms. The van der Waals surface area contributed by atoms with Gasteiger partial charge in [0.25, 0.3) is 5.69 Å². The number of hydrogen-bond acceptors (Lipinski definition) is 11. The fourth-order valence-corrected chi connectivity index (χ4v) is 2.63. The summed E-state index contributed by atoms with van der Waals surface area (Å²) in [7, 11) is 6.00. The lowest BCUT2D eigenvalue weighted by atomic mass is 10.2. The van der Waals surface area contributed by atoms with Crippen LogP contribution in [-0.2, 0) is 29.2 Å². The van der Waals surface area contributed by atoms with Gasteiger partial charge in [0.2, 0.25) is 20.8 Å². The van der Waals surface area contributed by atoms with Gasteiger partial charge in [-0.2, -0.15) is 0 Å². The Bertz CT molecular complexity index is 919. The molecule has 1 rings (SSSR count). The molecule has 0 aliphatic heterocycles. The lowest BCUT2D eigenvalue weighted by Crippen LogP contribution is -2.39. The third-order valence-electron chi connectivity index (χ3n) is 4.35. The minimum Gasteiger partial charge on any atom is -0.726 e. The van der Waals surface area contributed by atoms with Gasteiger partial charge >= 0.3 is 0 Å². The van der Waals surface area contributed by atoms with Gasteiger partial charge in [0.15, 0.2) is 0 Å². The average Bonchev–Trinajstić information content (AvgIpc) is 2.71. The van der Waals surface area contributed by atoms with E-state index >= 15 is 0 Å². The number of benzene rings is 1. The van der Waals surface area contributed by atoms with Crippen molar-refractivity contribution in [3.05, 3.63) is 34.4 Å². The van der Waals surface area contributed by atoms with Gasteiger partial charge in [-0.05, 0) is 12.1 Å². The van der Waals surface area contributed by atoms with Gasteiger partial charge in [0.1, 0.15) is 0 Å². The third kappa shape index (κ3) is 23.8. The van der Waals surface area contributed by atoms with Gasteiger partial charge in [0, 0.05) is 43.8 Å². The molecule has 1 aromatic rings. The maximum atomic E-state index is 10.8. The molecular weight excluding hydrogens is 520 g/mol. The van der Waals surface area contributed by atoms with Crippen LogP contribution in [0.15, 0.2) is 24.3 Å². The van der Waals surface area contributed by atoms with Crippen LogP contribution in [0.25, 0.3) is 0 Å². The Balaban J connectivity index is 0. The molecule has 16 heteroatoms. The number of hydrogen-bond donors (Lipinski definition) is 0. The summed E-state index contributed by atoms with van der Waals surface area (Å²) in [6.07, 6.45) is 2.20. The fourth-order valence-electron chi connectivity index (χ4n) is 2.63. The molecule has 0 aliphatic rings. The molecule has 0 aromatic heterocycles. The van der Waals surface area contributed by atoms with E-state index in [9.17, 15) is 36.1 Å². The molecule has 0 aliphatic carbocycles. The van der Waals surface area contributed by atoms with Gasteiger partial charge in [-0.25, -0.2) is 16.8 Å². The standard InChI is InChI=1S/C18H34N4O2.2CH4O4S/c1-21(2,3)15-7-13-19(14-8-16-22(4,5)6)17-9-11-18(12-10-17)20(23)24;2*1-5-6(2,3)4/h9-12H,7-8,13-16H2,1-6H3;2*1H3,(H,2,3,4)/q+2;;/p-2. The first kappa shape index (κ1) is 36.2. The molecule has 0 atom stereocenters. The Morgan fingerprint density at radius 3 is 1.31 bits per heavy atom. The molecule has 212 valence electrons. The van der Waals surface area contributed by atoms with Crippen molar-refractivity contribution in [3.63, 3.8) is 0 Å². The van der Waals surface area contributed by atoms with Gasteiger partial charge < -0.3 is 23.0 Å².